The van der Waals surface area contributed by atoms with Crippen LogP contribution in [-0.4, -0.2) is 56.8 Å². The third kappa shape index (κ3) is 4.65. The highest BCUT2D eigenvalue weighted by Crippen LogP contribution is 2.43. The van der Waals surface area contributed by atoms with Crippen molar-refractivity contribution in [2.45, 2.75) is 22.5 Å². The van der Waals surface area contributed by atoms with Gasteiger partial charge in [-0.1, -0.05) is 55.6 Å². The highest BCUT2D eigenvalue weighted by molar-refractivity contribution is 9.12. The van der Waals surface area contributed by atoms with Gasteiger partial charge in [0.1, 0.15) is 12.3 Å². The predicted octanol–water partition coefficient (Wildman–Crippen LogP) is 4.51. The quantitative estimate of drug-likeness (QED) is 0.273. The van der Waals surface area contributed by atoms with Crippen molar-refractivity contribution in [2.75, 3.05) is 13.7 Å². The molecule has 178 valence electrons. The topological polar surface area (TPSA) is 84.0 Å². The number of ether oxygens (including phenoxy) is 1. The number of ketones is 1. The number of rotatable bonds is 6. The van der Waals surface area contributed by atoms with Crippen LogP contribution in [0.4, 0.5) is 0 Å². The van der Waals surface area contributed by atoms with Crippen LogP contribution in [0.25, 0.3) is 0 Å². The number of hydrazine groups is 1. The van der Waals surface area contributed by atoms with E-state index in [1.54, 1.807) is 36.4 Å². The Balaban J connectivity index is 1.69. The van der Waals surface area contributed by atoms with Crippen molar-refractivity contribution in [3.8, 4) is 5.75 Å². The van der Waals surface area contributed by atoms with Gasteiger partial charge in [-0.25, -0.2) is 5.01 Å². The van der Waals surface area contributed by atoms with Gasteiger partial charge in [-0.15, -0.1) is 0 Å². The van der Waals surface area contributed by atoms with Crippen LogP contribution in [0.3, 0.4) is 0 Å². The minimum Gasteiger partial charge on any atom is -0.497 e. The van der Waals surface area contributed by atoms with Gasteiger partial charge < -0.3 is 4.74 Å². The third-order valence-electron chi connectivity index (χ3n) is 6.17. The minimum absolute atomic E-state index is 0.0131. The fourth-order valence-electron chi connectivity index (χ4n) is 4.33. The monoisotopic (exact) mass is 610 g/mol. The first-order valence-electron chi connectivity index (χ1n) is 10.6. The van der Waals surface area contributed by atoms with Gasteiger partial charge in [0.2, 0.25) is 0 Å². The maximum Gasteiger partial charge on any atom is 0.274 e. The van der Waals surface area contributed by atoms with E-state index in [1.807, 2.05) is 0 Å². The molecule has 1 heterocycles. The van der Waals surface area contributed by atoms with Crippen LogP contribution in [0.15, 0.2) is 48.5 Å². The molecule has 4 atom stereocenters. The Morgan fingerprint density at radius 3 is 2.09 bits per heavy atom. The average molecular weight is 613 g/mol. The van der Waals surface area contributed by atoms with Crippen LogP contribution >= 0.6 is 43.5 Å². The average Bonchev–Trinajstić information content (AvgIpc) is 3.06. The fourth-order valence-corrected chi connectivity index (χ4v) is 5.78. The van der Waals surface area contributed by atoms with Crippen molar-refractivity contribution in [1.82, 2.24) is 10.0 Å². The summed E-state index contributed by atoms with van der Waals surface area (Å²) in [6.45, 7) is -0.497. The molecule has 10 heteroatoms. The lowest BCUT2D eigenvalue weighted by Gasteiger charge is -2.30. The predicted molar refractivity (Wildman–Crippen MR) is 133 cm³/mol. The van der Waals surface area contributed by atoms with Gasteiger partial charge in [-0.05, 0) is 49.2 Å². The first kappa shape index (κ1) is 24.9. The van der Waals surface area contributed by atoms with Gasteiger partial charge in [0.15, 0.2) is 5.78 Å². The first-order valence-corrected chi connectivity index (χ1v) is 12.8. The Hall–Kier alpha value is -2.23. The highest BCUT2D eigenvalue weighted by atomic mass is 79.9. The first-order chi connectivity index (χ1) is 16.2. The van der Waals surface area contributed by atoms with Crippen molar-refractivity contribution in [3.05, 3.63) is 64.7 Å². The molecule has 7 nitrogen and oxygen atoms in total. The molecule has 1 aliphatic carbocycles. The van der Waals surface area contributed by atoms with Crippen LogP contribution in [0.5, 0.6) is 5.75 Å². The third-order valence-corrected chi connectivity index (χ3v) is 9.24. The van der Waals surface area contributed by atoms with E-state index in [-0.39, 0.29) is 20.2 Å². The molecule has 2 aliphatic rings. The summed E-state index contributed by atoms with van der Waals surface area (Å²) in [6.07, 6.45) is 0.893. The lowest BCUT2D eigenvalue weighted by atomic mass is 9.81. The van der Waals surface area contributed by atoms with Crippen LogP contribution < -0.4 is 4.74 Å². The molecule has 1 saturated heterocycles. The Morgan fingerprint density at radius 2 is 1.56 bits per heavy atom. The summed E-state index contributed by atoms with van der Waals surface area (Å²) < 4.78 is 5.12. The van der Waals surface area contributed by atoms with Crippen molar-refractivity contribution in [1.29, 1.82) is 0 Å². The van der Waals surface area contributed by atoms with Crippen LogP contribution in [0.1, 0.15) is 33.6 Å². The number of carbonyl (C=O) groups excluding carboxylic acids is 4. The van der Waals surface area contributed by atoms with Gasteiger partial charge in [0.25, 0.3) is 17.7 Å². The van der Waals surface area contributed by atoms with Gasteiger partial charge in [0, 0.05) is 15.2 Å². The van der Waals surface area contributed by atoms with E-state index in [4.69, 9.17) is 16.3 Å². The molecule has 3 amide bonds. The zero-order chi connectivity index (χ0) is 24.6. The molecule has 34 heavy (non-hydrogen) atoms. The van der Waals surface area contributed by atoms with Gasteiger partial charge in [-0.2, -0.15) is 5.01 Å². The highest BCUT2D eigenvalue weighted by Gasteiger charge is 2.54. The van der Waals surface area contributed by atoms with E-state index >= 15 is 0 Å². The zero-order valence-corrected chi connectivity index (χ0v) is 22.0. The smallest absolute Gasteiger partial charge is 0.274 e. The van der Waals surface area contributed by atoms with E-state index in [0.717, 1.165) is 10.0 Å². The number of hydrogen-bond acceptors (Lipinski definition) is 5. The number of carbonyl (C=O) groups is 4. The van der Waals surface area contributed by atoms with E-state index in [2.05, 4.69) is 31.9 Å². The molecule has 2 fully saturated rings. The summed E-state index contributed by atoms with van der Waals surface area (Å²) in [5.74, 6) is -2.66. The van der Waals surface area contributed by atoms with Crippen LogP contribution in [0, 0.1) is 11.8 Å². The second-order valence-corrected chi connectivity index (χ2v) is 11.0. The van der Waals surface area contributed by atoms with Crippen molar-refractivity contribution in [3.63, 3.8) is 0 Å². The summed E-state index contributed by atoms with van der Waals surface area (Å²) in [5, 5.41) is 1.95. The number of amides is 3. The molecule has 0 spiro atoms. The summed E-state index contributed by atoms with van der Waals surface area (Å²) in [4.78, 5) is 53.5. The van der Waals surface area contributed by atoms with Gasteiger partial charge >= 0.3 is 0 Å². The number of hydrogen-bond donors (Lipinski definition) is 0. The zero-order valence-electron chi connectivity index (χ0n) is 18.1. The Labute approximate surface area is 218 Å². The molecule has 1 saturated carbocycles. The van der Waals surface area contributed by atoms with Crippen LogP contribution in [-0.2, 0) is 9.59 Å². The number of benzene rings is 2. The number of imide groups is 1. The number of Topliss-reactive ketones (excluding diaryl/α,β-unsaturated/α-hetero) is 1. The normalized spacial score (nSPS) is 24.1. The molecule has 0 N–H and O–H groups in total. The second kappa shape index (κ2) is 10.2. The van der Waals surface area contributed by atoms with Gasteiger partial charge in [-0.3, -0.25) is 19.2 Å². The lowest BCUT2D eigenvalue weighted by Crippen LogP contribution is -2.52. The Bertz CT molecular complexity index is 1110. The molecule has 2 aromatic rings. The lowest BCUT2D eigenvalue weighted by molar-refractivity contribution is -0.154. The summed E-state index contributed by atoms with van der Waals surface area (Å²) in [7, 11) is 1.51. The van der Waals surface area contributed by atoms with E-state index in [0.29, 0.717) is 24.2 Å². The summed E-state index contributed by atoms with van der Waals surface area (Å²) >= 11 is 13.4. The minimum atomic E-state index is -0.696. The summed E-state index contributed by atoms with van der Waals surface area (Å²) in [6, 6.07) is 12.7. The molecular formula is C24H21Br2ClN2O5. The Kier molecular flexibility index (Phi) is 7.45. The molecule has 4 rings (SSSR count). The maximum absolute atomic E-state index is 13.5. The standard InChI is InChI=1S/C24H21Br2ClN2O5/c1-34-14-8-6-13(7-9-14)21(30)12-28(22(31)15-4-2-3-5-20(15)27)29-23(32)16-10-18(25)19(26)11-17(16)24(29)33/h2-9,16-19H,10-12H2,1H3/t16-,17-,18-,19+/m1/s1. The summed E-state index contributed by atoms with van der Waals surface area (Å²) in [5.41, 5.74) is 0.411. The van der Waals surface area contributed by atoms with Crippen LogP contribution in [0.2, 0.25) is 5.02 Å². The van der Waals surface area contributed by atoms with Crippen molar-refractivity contribution >= 4 is 67.0 Å². The van der Waals surface area contributed by atoms with E-state index in [9.17, 15) is 19.2 Å². The molecular weight excluding hydrogens is 592 g/mol. The van der Waals surface area contributed by atoms with Crippen molar-refractivity contribution in [2.24, 2.45) is 11.8 Å². The van der Waals surface area contributed by atoms with Gasteiger partial charge in [0.05, 0.1) is 29.5 Å². The fraction of sp³-hybridized carbons (Fsp3) is 0.333. The maximum atomic E-state index is 13.5. The van der Waals surface area contributed by atoms with Crippen molar-refractivity contribution < 1.29 is 23.9 Å². The number of nitrogens with zero attached hydrogens (tertiary/aromatic N) is 2. The number of methoxy groups -OCH3 is 1. The number of fused-ring (bicyclic) bond motifs is 1. The molecule has 0 bridgehead atoms. The molecule has 0 aromatic heterocycles. The number of alkyl halides is 2. The molecule has 2 aromatic carbocycles. The molecule has 1 aliphatic heterocycles. The second-order valence-electron chi connectivity index (χ2n) is 8.20. The Morgan fingerprint density at radius 1 is 1.00 bits per heavy atom. The van der Waals surface area contributed by atoms with E-state index in [1.165, 1.54) is 19.2 Å². The molecule has 0 unspecified atom stereocenters. The number of halogens is 3. The SMILES string of the molecule is COc1ccc(C(=O)CN(C(=O)c2ccccc2Cl)N2C(=O)[C@@H]3C[C@@H](Br)[C@@H](Br)C[C@H]3C2=O)cc1. The van der Waals surface area contributed by atoms with E-state index < -0.39 is 41.9 Å². The molecule has 0 radical (unpaired) electrons. The largest absolute Gasteiger partial charge is 0.497 e.